The van der Waals surface area contributed by atoms with Crippen molar-refractivity contribution in [3.05, 3.63) is 57.9 Å². The molecule has 0 radical (unpaired) electrons. The minimum Gasteiger partial charge on any atom is -0.458 e. The second-order valence-corrected chi connectivity index (χ2v) is 4.18. The lowest BCUT2D eigenvalue weighted by molar-refractivity contribution is -0.420. The van der Waals surface area contributed by atoms with E-state index in [4.69, 9.17) is 4.74 Å². The number of allylic oxidation sites excluding steroid dienone is 2. The van der Waals surface area contributed by atoms with Gasteiger partial charge >= 0.3 is 11.7 Å². The number of benzene rings is 1. The summed E-state index contributed by atoms with van der Waals surface area (Å²) in [5.74, 6) is -0.920. The van der Waals surface area contributed by atoms with E-state index in [9.17, 15) is 14.9 Å². The summed E-state index contributed by atoms with van der Waals surface area (Å²) in [5, 5.41) is 11.2. The molecule has 0 aromatic heterocycles. The predicted octanol–water partition coefficient (Wildman–Crippen LogP) is 2.20. The van der Waals surface area contributed by atoms with Gasteiger partial charge in [-0.2, -0.15) is 0 Å². The fourth-order valence-electron chi connectivity index (χ4n) is 2.05. The number of esters is 1. The molecule has 1 aliphatic rings. The summed E-state index contributed by atoms with van der Waals surface area (Å²) in [6.07, 6.45) is 3.23. The zero-order valence-corrected chi connectivity index (χ0v) is 11.2. The molecule has 6 heteroatoms. The fourth-order valence-corrected chi connectivity index (χ4v) is 2.05. The number of fused-ring (bicyclic) bond motifs is 1. The normalized spacial score (nSPS) is 15.6. The van der Waals surface area contributed by atoms with Gasteiger partial charge in [-0.15, -0.1) is 0 Å². The van der Waals surface area contributed by atoms with Crippen molar-refractivity contribution >= 4 is 17.2 Å². The molecule has 0 bridgehead atoms. The molecule has 1 aromatic carbocycles. The molecule has 0 amide bonds. The van der Waals surface area contributed by atoms with Gasteiger partial charge in [-0.3, -0.25) is 10.1 Å². The zero-order valence-electron chi connectivity index (χ0n) is 11.2. The van der Waals surface area contributed by atoms with E-state index in [0.717, 1.165) is 5.69 Å². The molecule has 2 rings (SSSR count). The first-order chi connectivity index (χ1) is 9.56. The number of carbonyl (C=O) groups excluding carboxylic acids is 1. The van der Waals surface area contributed by atoms with Crippen LogP contribution in [0.25, 0.3) is 5.57 Å². The Balaban J connectivity index is 2.64. The standard InChI is InChI=1S/C14H14N2O4/c1-3-20-14(17)13(16(18)19)11-8-9-15(2)12-7-5-4-6-10(11)12/h4-9H,3H2,1-2H3. The summed E-state index contributed by atoms with van der Waals surface area (Å²) >= 11 is 0. The van der Waals surface area contributed by atoms with Crippen LogP contribution < -0.4 is 4.90 Å². The summed E-state index contributed by atoms with van der Waals surface area (Å²) in [4.78, 5) is 24.2. The topological polar surface area (TPSA) is 72.7 Å². The van der Waals surface area contributed by atoms with Gasteiger partial charge in [0.05, 0.1) is 17.1 Å². The van der Waals surface area contributed by atoms with Crippen LogP contribution in [-0.4, -0.2) is 24.5 Å². The number of hydrogen-bond donors (Lipinski definition) is 0. The van der Waals surface area contributed by atoms with Crippen molar-refractivity contribution in [3.8, 4) is 0 Å². The van der Waals surface area contributed by atoms with Crippen molar-refractivity contribution < 1.29 is 14.5 Å². The van der Waals surface area contributed by atoms with E-state index in [2.05, 4.69) is 0 Å². The molecule has 0 fully saturated rings. The maximum Gasteiger partial charge on any atom is 0.410 e. The molecular weight excluding hydrogens is 260 g/mol. The van der Waals surface area contributed by atoms with Crippen molar-refractivity contribution in [3.63, 3.8) is 0 Å². The lowest BCUT2D eigenvalue weighted by Crippen LogP contribution is -2.20. The van der Waals surface area contributed by atoms with Gasteiger partial charge in [0, 0.05) is 24.5 Å². The number of hydrogen-bond acceptors (Lipinski definition) is 5. The van der Waals surface area contributed by atoms with Crippen molar-refractivity contribution in [1.82, 2.24) is 0 Å². The Morgan fingerprint density at radius 2 is 2.10 bits per heavy atom. The molecule has 20 heavy (non-hydrogen) atoms. The van der Waals surface area contributed by atoms with Crippen molar-refractivity contribution in [2.45, 2.75) is 6.92 Å². The monoisotopic (exact) mass is 274 g/mol. The number of ether oxygens (including phenoxy) is 1. The third-order valence-corrected chi connectivity index (χ3v) is 2.95. The highest BCUT2D eigenvalue weighted by atomic mass is 16.6. The Morgan fingerprint density at radius 1 is 1.40 bits per heavy atom. The van der Waals surface area contributed by atoms with Gasteiger partial charge in [-0.25, -0.2) is 4.79 Å². The maximum absolute atomic E-state index is 11.8. The number of carbonyl (C=O) groups is 1. The van der Waals surface area contributed by atoms with Crippen LogP contribution in [0, 0.1) is 10.1 Å². The highest BCUT2D eigenvalue weighted by Gasteiger charge is 2.31. The van der Waals surface area contributed by atoms with E-state index in [1.165, 1.54) is 0 Å². The summed E-state index contributed by atoms with van der Waals surface area (Å²) in [5.41, 5.74) is 1.16. The number of rotatable bonds is 3. The Morgan fingerprint density at radius 3 is 2.75 bits per heavy atom. The molecule has 1 heterocycles. The summed E-state index contributed by atoms with van der Waals surface area (Å²) in [7, 11) is 1.84. The van der Waals surface area contributed by atoms with Gasteiger partial charge in [-0.1, -0.05) is 18.2 Å². The van der Waals surface area contributed by atoms with Gasteiger partial charge in [0.25, 0.3) is 0 Å². The summed E-state index contributed by atoms with van der Waals surface area (Å²) in [6, 6.07) is 7.19. The summed E-state index contributed by atoms with van der Waals surface area (Å²) < 4.78 is 4.77. The first-order valence-electron chi connectivity index (χ1n) is 6.12. The van der Waals surface area contributed by atoms with E-state index < -0.39 is 16.6 Å². The number of anilines is 1. The largest absolute Gasteiger partial charge is 0.458 e. The van der Waals surface area contributed by atoms with Gasteiger partial charge in [0.15, 0.2) is 0 Å². The molecule has 6 nitrogen and oxygen atoms in total. The Hall–Kier alpha value is -2.63. The highest BCUT2D eigenvalue weighted by molar-refractivity contribution is 6.00. The zero-order chi connectivity index (χ0) is 14.7. The van der Waals surface area contributed by atoms with Crippen LogP contribution in [0.2, 0.25) is 0 Å². The van der Waals surface area contributed by atoms with Gasteiger partial charge in [0.2, 0.25) is 0 Å². The molecule has 0 spiro atoms. The second kappa shape index (κ2) is 5.56. The molecular formula is C14H14N2O4. The lowest BCUT2D eigenvalue weighted by Gasteiger charge is -2.23. The van der Waals surface area contributed by atoms with E-state index in [1.54, 1.807) is 31.3 Å². The molecule has 0 aliphatic carbocycles. The molecule has 1 aromatic rings. The van der Waals surface area contributed by atoms with Crippen LogP contribution in [0.5, 0.6) is 0 Å². The van der Waals surface area contributed by atoms with Gasteiger partial charge < -0.3 is 9.64 Å². The van der Waals surface area contributed by atoms with Crippen molar-refractivity contribution in [1.29, 1.82) is 0 Å². The van der Waals surface area contributed by atoms with Crippen LogP contribution >= 0.6 is 0 Å². The number of nitrogens with zero attached hydrogens (tertiary/aromatic N) is 2. The van der Waals surface area contributed by atoms with E-state index in [-0.39, 0.29) is 12.2 Å². The molecule has 0 saturated carbocycles. The molecule has 0 atom stereocenters. The highest BCUT2D eigenvalue weighted by Crippen LogP contribution is 2.34. The Bertz CT molecular complexity index is 619. The van der Waals surface area contributed by atoms with E-state index >= 15 is 0 Å². The lowest BCUT2D eigenvalue weighted by atomic mass is 9.98. The molecule has 1 aliphatic heterocycles. The average Bonchev–Trinajstić information content (AvgIpc) is 2.42. The third kappa shape index (κ3) is 2.40. The molecule has 0 unspecified atom stereocenters. The minimum atomic E-state index is -0.920. The van der Waals surface area contributed by atoms with Crippen LogP contribution in [0.3, 0.4) is 0 Å². The van der Waals surface area contributed by atoms with E-state index in [0.29, 0.717) is 5.56 Å². The van der Waals surface area contributed by atoms with Crippen molar-refractivity contribution in [2.75, 3.05) is 18.6 Å². The van der Waals surface area contributed by atoms with Crippen LogP contribution in [0.4, 0.5) is 5.69 Å². The van der Waals surface area contributed by atoms with Crippen molar-refractivity contribution in [2.24, 2.45) is 0 Å². The fraction of sp³-hybridized carbons (Fsp3) is 0.214. The molecule has 0 saturated heterocycles. The molecule has 104 valence electrons. The second-order valence-electron chi connectivity index (χ2n) is 4.18. The van der Waals surface area contributed by atoms with Crippen LogP contribution in [-0.2, 0) is 9.53 Å². The van der Waals surface area contributed by atoms with Gasteiger partial charge in [0.1, 0.15) is 0 Å². The predicted molar refractivity (Wildman–Crippen MR) is 74.5 cm³/mol. The minimum absolute atomic E-state index is 0.0920. The molecule has 0 N–H and O–H groups in total. The SMILES string of the molecule is CCOC(=O)C(=C1C=CN(C)c2ccccc21)[N+](=O)[O-]. The Labute approximate surface area is 116 Å². The summed E-state index contributed by atoms with van der Waals surface area (Å²) in [6.45, 7) is 1.70. The number of para-hydroxylation sites is 1. The number of nitro groups is 1. The Kier molecular flexibility index (Phi) is 3.84. The maximum atomic E-state index is 11.8. The third-order valence-electron chi connectivity index (χ3n) is 2.95. The van der Waals surface area contributed by atoms with Crippen LogP contribution in [0.15, 0.2) is 42.2 Å². The quantitative estimate of drug-likeness (QED) is 0.365. The average molecular weight is 274 g/mol. The van der Waals surface area contributed by atoms with E-state index in [1.807, 2.05) is 24.1 Å². The van der Waals surface area contributed by atoms with Crippen LogP contribution in [0.1, 0.15) is 12.5 Å². The van der Waals surface area contributed by atoms with Gasteiger partial charge in [-0.05, 0) is 19.1 Å². The first-order valence-corrected chi connectivity index (χ1v) is 6.12. The first kappa shape index (κ1) is 13.8. The smallest absolute Gasteiger partial charge is 0.410 e.